The molecule has 0 aliphatic rings. The average Bonchev–Trinajstić information content (AvgIpc) is 2.83. The fraction of sp³-hybridized carbons (Fsp3) is 0.0833. The molecule has 2 heterocycles. The minimum Gasteiger partial charge on any atom is -0.397 e. The Morgan fingerprint density at radius 3 is 2.88 bits per heavy atom. The Morgan fingerprint density at radius 2 is 2.18 bits per heavy atom. The molecule has 0 saturated heterocycles. The number of anilines is 1. The lowest BCUT2D eigenvalue weighted by Gasteiger charge is -2.00. The van der Waals surface area contributed by atoms with Gasteiger partial charge in [-0.05, 0) is 29.6 Å². The number of halogens is 1. The van der Waals surface area contributed by atoms with E-state index in [1.54, 1.807) is 11.3 Å². The molecule has 0 fully saturated rings. The fourth-order valence-electron chi connectivity index (χ4n) is 1.88. The van der Waals surface area contributed by atoms with Crippen molar-refractivity contribution >= 4 is 44.0 Å². The quantitative estimate of drug-likeness (QED) is 0.746. The minimum atomic E-state index is 0.785. The molecule has 0 saturated carbocycles. The maximum atomic E-state index is 5.94. The SMILES string of the molecule is Cn1c(-c2sccc2N)nc2cc(Br)ccc21. The number of nitrogens with zero attached hydrogens (tertiary/aromatic N) is 2. The zero-order valence-corrected chi connectivity index (χ0v) is 11.5. The number of benzene rings is 1. The Bertz CT molecular complexity index is 699. The van der Waals surface area contributed by atoms with Gasteiger partial charge in [0.2, 0.25) is 0 Å². The average molecular weight is 308 g/mol. The topological polar surface area (TPSA) is 43.8 Å². The van der Waals surface area contributed by atoms with E-state index in [2.05, 4.69) is 31.5 Å². The van der Waals surface area contributed by atoms with Crippen molar-refractivity contribution < 1.29 is 0 Å². The first-order valence-corrected chi connectivity index (χ1v) is 6.79. The smallest absolute Gasteiger partial charge is 0.153 e. The van der Waals surface area contributed by atoms with Gasteiger partial charge in [0.05, 0.1) is 21.6 Å². The van der Waals surface area contributed by atoms with Crippen molar-refractivity contribution in [1.29, 1.82) is 0 Å². The molecule has 2 aromatic heterocycles. The molecule has 0 amide bonds. The number of fused-ring (bicyclic) bond motifs is 1. The van der Waals surface area contributed by atoms with Crippen LogP contribution in [0.1, 0.15) is 0 Å². The molecule has 0 bridgehead atoms. The van der Waals surface area contributed by atoms with Crippen LogP contribution in [0.4, 0.5) is 5.69 Å². The zero-order valence-electron chi connectivity index (χ0n) is 9.14. The van der Waals surface area contributed by atoms with Gasteiger partial charge in [0.25, 0.3) is 0 Å². The summed E-state index contributed by atoms with van der Waals surface area (Å²) in [6.45, 7) is 0. The maximum Gasteiger partial charge on any atom is 0.153 e. The summed E-state index contributed by atoms with van der Waals surface area (Å²) < 4.78 is 3.11. The van der Waals surface area contributed by atoms with Crippen LogP contribution in [0, 0.1) is 0 Å². The first kappa shape index (κ1) is 10.8. The number of nitrogen functional groups attached to an aromatic ring is 1. The van der Waals surface area contributed by atoms with Gasteiger partial charge in [-0.15, -0.1) is 11.3 Å². The molecule has 3 aromatic rings. The van der Waals surface area contributed by atoms with Crippen molar-refractivity contribution in [3.8, 4) is 10.7 Å². The number of imidazole rings is 1. The summed E-state index contributed by atoms with van der Waals surface area (Å²) in [4.78, 5) is 5.67. The van der Waals surface area contributed by atoms with E-state index in [1.807, 2.05) is 30.6 Å². The Kier molecular flexibility index (Phi) is 2.45. The van der Waals surface area contributed by atoms with E-state index < -0.39 is 0 Å². The number of rotatable bonds is 1. The van der Waals surface area contributed by atoms with Gasteiger partial charge in [0, 0.05) is 11.5 Å². The van der Waals surface area contributed by atoms with Crippen molar-refractivity contribution in [3.63, 3.8) is 0 Å². The molecule has 0 atom stereocenters. The molecular formula is C12H10BrN3S. The largest absolute Gasteiger partial charge is 0.397 e. The number of hydrogen-bond acceptors (Lipinski definition) is 3. The third kappa shape index (κ3) is 1.66. The van der Waals surface area contributed by atoms with Crippen molar-refractivity contribution in [2.45, 2.75) is 0 Å². The zero-order chi connectivity index (χ0) is 12.0. The van der Waals surface area contributed by atoms with Gasteiger partial charge in [0.15, 0.2) is 5.82 Å². The third-order valence-corrected chi connectivity index (χ3v) is 4.16. The maximum absolute atomic E-state index is 5.94. The number of nitrogens with two attached hydrogens (primary N) is 1. The lowest BCUT2D eigenvalue weighted by Crippen LogP contribution is -1.93. The number of thiophene rings is 1. The molecule has 3 rings (SSSR count). The summed E-state index contributed by atoms with van der Waals surface area (Å²) in [5.41, 5.74) is 8.81. The highest BCUT2D eigenvalue weighted by Crippen LogP contribution is 2.33. The molecular weight excluding hydrogens is 298 g/mol. The van der Waals surface area contributed by atoms with Gasteiger partial charge >= 0.3 is 0 Å². The fourth-order valence-corrected chi connectivity index (χ4v) is 3.07. The Labute approximate surface area is 111 Å². The van der Waals surface area contributed by atoms with Crippen LogP contribution in [-0.4, -0.2) is 9.55 Å². The number of aromatic nitrogens is 2. The van der Waals surface area contributed by atoms with E-state index in [0.717, 1.165) is 31.9 Å². The Morgan fingerprint density at radius 1 is 1.35 bits per heavy atom. The molecule has 17 heavy (non-hydrogen) atoms. The predicted molar refractivity (Wildman–Crippen MR) is 76.1 cm³/mol. The van der Waals surface area contributed by atoms with E-state index in [1.165, 1.54) is 0 Å². The molecule has 2 N–H and O–H groups in total. The monoisotopic (exact) mass is 307 g/mol. The van der Waals surface area contributed by atoms with Crippen LogP contribution in [0.3, 0.4) is 0 Å². The van der Waals surface area contributed by atoms with Crippen molar-refractivity contribution in [3.05, 3.63) is 34.1 Å². The molecule has 0 spiro atoms. The lowest BCUT2D eigenvalue weighted by molar-refractivity contribution is 0.963. The highest BCUT2D eigenvalue weighted by molar-refractivity contribution is 9.10. The molecule has 0 aliphatic heterocycles. The van der Waals surface area contributed by atoms with Gasteiger partial charge in [-0.25, -0.2) is 4.98 Å². The van der Waals surface area contributed by atoms with Gasteiger partial charge < -0.3 is 10.3 Å². The molecule has 3 nitrogen and oxygen atoms in total. The van der Waals surface area contributed by atoms with Gasteiger partial charge in [-0.3, -0.25) is 0 Å². The minimum absolute atomic E-state index is 0.785. The van der Waals surface area contributed by atoms with Crippen molar-refractivity contribution in [1.82, 2.24) is 9.55 Å². The van der Waals surface area contributed by atoms with Gasteiger partial charge in [-0.2, -0.15) is 0 Å². The summed E-state index contributed by atoms with van der Waals surface area (Å²) in [6, 6.07) is 8.00. The number of aryl methyl sites for hydroxylation is 1. The lowest BCUT2D eigenvalue weighted by atomic mass is 10.3. The summed E-state index contributed by atoms with van der Waals surface area (Å²) in [5.74, 6) is 0.922. The molecule has 5 heteroatoms. The summed E-state index contributed by atoms with van der Waals surface area (Å²) in [7, 11) is 2.01. The van der Waals surface area contributed by atoms with Crippen LogP contribution in [-0.2, 0) is 7.05 Å². The Balaban J connectivity index is 2.31. The molecule has 0 aliphatic carbocycles. The summed E-state index contributed by atoms with van der Waals surface area (Å²) in [6.07, 6.45) is 0. The summed E-state index contributed by atoms with van der Waals surface area (Å²) >= 11 is 5.07. The second-order valence-corrected chi connectivity index (χ2v) is 5.66. The van der Waals surface area contributed by atoms with E-state index in [0.29, 0.717) is 0 Å². The van der Waals surface area contributed by atoms with Crippen LogP contribution < -0.4 is 5.73 Å². The van der Waals surface area contributed by atoms with Crippen LogP contribution in [0.25, 0.3) is 21.7 Å². The number of hydrogen-bond donors (Lipinski definition) is 1. The molecule has 0 radical (unpaired) electrons. The normalized spacial score (nSPS) is 11.2. The van der Waals surface area contributed by atoms with E-state index in [4.69, 9.17) is 5.73 Å². The van der Waals surface area contributed by atoms with Gasteiger partial charge in [0.1, 0.15) is 0 Å². The third-order valence-electron chi connectivity index (χ3n) is 2.74. The van der Waals surface area contributed by atoms with E-state index in [-0.39, 0.29) is 0 Å². The van der Waals surface area contributed by atoms with Crippen LogP contribution in [0.15, 0.2) is 34.1 Å². The standard InChI is InChI=1S/C12H10BrN3S/c1-16-10-3-2-7(13)6-9(10)15-12(16)11-8(14)4-5-17-11/h2-6H,14H2,1H3. The van der Waals surface area contributed by atoms with Crippen molar-refractivity contribution in [2.24, 2.45) is 7.05 Å². The first-order chi connectivity index (χ1) is 8.16. The van der Waals surface area contributed by atoms with Crippen LogP contribution >= 0.6 is 27.3 Å². The van der Waals surface area contributed by atoms with Crippen molar-refractivity contribution in [2.75, 3.05) is 5.73 Å². The molecule has 86 valence electrons. The van der Waals surface area contributed by atoms with Gasteiger partial charge in [-0.1, -0.05) is 15.9 Å². The highest BCUT2D eigenvalue weighted by Gasteiger charge is 2.13. The molecule has 1 aromatic carbocycles. The predicted octanol–water partition coefficient (Wildman–Crippen LogP) is 3.65. The van der Waals surface area contributed by atoms with Crippen LogP contribution in [0.2, 0.25) is 0 Å². The second-order valence-electron chi connectivity index (χ2n) is 3.83. The first-order valence-electron chi connectivity index (χ1n) is 5.12. The summed E-state index contributed by atoms with van der Waals surface area (Å²) in [5, 5.41) is 1.99. The second kappa shape index (κ2) is 3.85. The van der Waals surface area contributed by atoms with E-state index in [9.17, 15) is 0 Å². The molecule has 0 unspecified atom stereocenters. The van der Waals surface area contributed by atoms with Crippen LogP contribution in [0.5, 0.6) is 0 Å². The Hall–Kier alpha value is -1.33. The highest BCUT2D eigenvalue weighted by atomic mass is 79.9. The van der Waals surface area contributed by atoms with E-state index >= 15 is 0 Å².